The molecule has 0 saturated heterocycles. The number of nitro groups is 1. The van der Waals surface area contributed by atoms with Gasteiger partial charge < -0.3 is 9.73 Å². The van der Waals surface area contributed by atoms with Crippen LogP contribution in [-0.2, 0) is 4.79 Å². The van der Waals surface area contributed by atoms with Crippen LogP contribution >= 0.6 is 0 Å². The zero-order valence-electron chi connectivity index (χ0n) is 14.3. The summed E-state index contributed by atoms with van der Waals surface area (Å²) in [6.07, 6.45) is 2.85. The maximum absolute atomic E-state index is 12.1. The maximum atomic E-state index is 12.1. The molecule has 1 amide bonds. The van der Waals surface area contributed by atoms with Gasteiger partial charge >= 0.3 is 0 Å². The SMILES string of the molecule is CC(C)c1nc2cc(NC(=O)/C=C/c3cccc([N+](=O)[O-])c3)ccc2o1. The van der Waals surface area contributed by atoms with E-state index in [1.165, 1.54) is 24.3 Å². The zero-order chi connectivity index (χ0) is 18.7. The summed E-state index contributed by atoms with van der Waals surface area (Å²) in [6.45, 7) is 3.98. The highest BCUT2D eigenvalue weighted by molar-refractivity contribution is 6.02. The van der Waals surface area contributed by atoms with Gasteiger partial charge in [-0.25, -0.2) is 4.98 Å². The summed E-state index contributed by atoms with van der Waals surface area (Å²) in [7, 11) is 0. The smallest absolute Gasteiger partial charge is 0.270 e. The molecule has 0 fully saturated rings. The predicted octanol–water partition coefficient (Wildman–Crippen LogP) is 4.51. The minimum absolute atomic E-state index is 0.0231. The summed E-state index contributed by atoms with van der Waals surface area (Å²) < 4.78 is 5.63. The molecule has 0 radical (unpaired) electrons. The standard InChI is InChI=1S/C19H17N3O4/c1-12(2)19-21-16-11-14(7-8-17(16)26-19)20-18(23)9-6-13-4-3-5-15(10-13)22(24)25/h3-12H,1-2H3,(H,20,23)/b9-6+. The number of anilines is 1. The predicted molar refractivity (Wildman–Crippen MR) is 98.9 cm³/mol. The molecule has 0 bridgehead atoms. The van der Waals surface area contributed by atoms with Gasteiger partial charge in [0.2, 0.25) is 5.91 Å². The Morgan fingerprint density at radius 3 is 2.81 bits per heavy atom. The molecular weight excluding hydrogens is 334 g/mol. The Hall–Kier alpha value is -3.48. The third-order valence-corrected chi connectivity index (χ3v) is 3.67. The molecule has 26 heavy (non-hydrogen) atoms. The molecule has 0 aliphatic heterocycles. The van der Waals surface area contributed by atoms with Crippen LogP contribution in [0.5, 0.6) is 0 Å². The largest absolute Gasteiger partial charge is 0.440 e. The molecule has 0 aliphatic carbocycles. The normalized spacial score (nSPS) is 11.3. The molecule has 1 heterocycles. The number of oxazole rings is 1. The van der Waals surface area contributed by atoms with Crippen molar-refractivity contribution in [3.63, 3.8) is 0 Å². The number of carbonyl (C=O) groups is 1. The van der Waals surface area contributed by atoms with E-state index in [1.807, 2.05) is 13.8 Å². The molecule has 1 N–H and O–H groups in total. The number of rotatable bonds is 5. The topological polar surface area (TPSA) is 98.3 Å². The van der Waals surface area contributed by atoms with E-state index < -0.39 is 4.92 Å². The molecule has 0 unspecified atom stereocenters. The van der Waals surface area contributed by atoms with Gasteiger partial charge in [-0.15, -0.1) is 0 Å². The molecule has 1 aromatic heterocycles. The minimum atomic E-state index is -0.476. The number of hydrogen-bond donors (Lipinski definition) is 1. The number of nitrogens with zero attached hydrogens (tertiary/aromatic N) is 2. The van der Waals surface area contributed by atoms with Crippen molar-refractivity contribution >= 4 is 34.5 Å². The van der Waals surface area contributed by atoms with Crippen molar-refractivity contribution < 1.29 is 14.1 Å². The van der Waals surface area contributed by atoms with Gasteiger partial charge in [-0.2, -0.15) is 0 Å². The van der Waals surface area contributed by atoms with Crippen molar-refractivity contribution in [1.82, 2.24) is 4.98 Å². The van der Waals surface area contributed by atoms with Crippen LogP contribution in [0, 0.1) is 10.1 Å². The lowest BCUT2D eigenvalue weighted by atomic mass is 10.2. The highest BCUT2D eigenvalue weighted by Crippen LogP contribution is 2.23. The van der Waals surface area contributed by atoms with Gasteiger partial charge in [0.15, 0.2) is 11.5 Å². The highest BCUT2D eigenvalue weighted by atomic mass is 16.6. The average Bonchev–Trinajstić information content (AvgIpc) is 3.04. The molecule has 132 valence electrons. The van der Waals surface area contributed by atoms with Crippen LogP contribution in [0.15, 0.2) is 53.0 Å². The average molecular weight is 351 g/mol. The first-order chi connectivity index (χ1) is 12.4. The third kappa shape index (κ3) is 3.94. The van der Waals surface area contributed by atoms with E-state index in [9.17, 15) is 14.9 Å². The van der Waals surface area contributed by atoms with Gasteiger partial charge in [0.25, 0.3) is 5.69 Å². The van der Waals surface area contributed by atoms with Crippen LogP contribution < -0.4 is 5.32 Å². The van der Waals surface area contributed by atoms with Crippen molar-refractivity contribution in [2.24, 2.45) is 0 Å². The van der Waals surface area contributed by atoms with Crippen LogP contribution in [0.3, 0.4) is 0 Å². The van der Waals surface area contributed by atoms with Crippen LogP contribution in [-0.4, -0.2) is 15.8 Å². The summed E-state index contributed by atoms with van der Waals surface area (Å²) in [6, 6.07) is 11.3. The van der Waals surface area contributed by atoms with Gasteiger partial charge in [-0.1, -0.05) is 26.0 Å². The monoisotopic (exact) mass is 351 g/mol. The van der Waals surface area contributed by atoms with Gasteiger partial charge in [0.1, 0.15) is 5.52 Å². The number of benzene rings is 2. The third-order valence-electron chi connectivity index (χ3n) is 3.67. The molecule has 7 heteroatoms. The van der Waals surface area contributed by atoms with Crippen molar-refractivity contribution in [3.05, 3.63) is 70.1 Å². The van der Waals surface area contributed by atoms with Crippen LogP contribution in [0.2, 0.25) is 0 Å². The highest BCUT2D eigenvalue weighted by Gasteiger charge is 2.10. The van der Waals surface area contributed by atoms with Crippen molar-refractivity contribution in [2.75, 3.05) is 5.32 Å². The fourth-order valence-electron chi connectivity index (χ4n) is 2.37. The summed E-state index contributed by atoms with van der Waals surface area (Å²) in [5, 5.41) is 13.5. The van der Waals surface area contributed by atoms with Crippen molar-refractivity contribution in [3.8, 4) is 0 Å². The van der Waals surface area contributed by atoms with E-state index in [-0.39, 0.29) is 17.5 Å². The van der Waals surface area contributed by atoms with E-state index in [2.05, 4.69) is 10.3 Å². The molecular formula is C19H17N3O4. The Morgan fingerprint density at radius 2 is 2.08 bits per heavy atom. The fraction of sp³-hybridized carbons (Fsp3) is 0.158. The first-order valence-electron chi connectivity index (χ1n) is 8.06. The number of nitrogens with one attached hydrogen (secondary N) is 1. The number of fused-ring (bicyclic) bond motifs is 1. The van der Waals surface area contributed by atoms with E-state index in [4.69, 9.17) is 4.42 Å². The summed E-state index contributed by atoms with van der Waals surface area (Å²) in [5.74, 6) is 0.482. The van der Waals surface area contributed by atoms with Gasteiger partial charge in [0.05, 0.1) is 4.92 Å². The van der Waals surface area contributed by atoms with Crippen LogP contribution in [0.1, 0.15) is 31.2 Å². The number of carbonyl (C=O) groups excluding carboxylic acids is 1. The van der Waals surface area contributed by atoms with E-state index in [0.29, 0.717) is 28.2 Å². The number of non-ortho nitro benzene ring substituents is 1. The Kier molecular flexibility index (Phi) is 4.79. The van der Waals surface area contributed by atoms with Gasteiger partial charge in [-0.05, 0) is 29.8 Å². The van der Waals surface area contributed by atoms with E-state index in [1.54, 1.807) is 30.3 Å². The summed E-state index contributed by atoms with van der Waals surface area (Å²) >= 11 is 0. The van der Waals surface area contributed by atoms with Gasteiger partial charge in [-0.3, -0.25) is 14.9 Å². The van der Waals surface area contributed by atoms with Crippen LogP contribution in [0.4, 0.5) is 11.4 Å². The second-order valence-corrected chi connectivity index (χ2v) is 6.06. The number of nitro benzene ring substituents is 1. The first-order valence-corrected chi connectivity index (χ1v) is 8.06. The Balaban J connectivity index is 1.72. The van der Waals surface area contributed by atoms with Crippen LogP contribution in [0.25, 0.3) is 17.2 Å². The van der Waals surface area contributed by atoms with Crippen molar-refractivity contribution in [2.45, 2.75) is 19.8 Å². The number of hydrogen-bond acceptors (Lipinski definition) is 5. The van der Waals surface area contributed by atoms with Gasteiger partial charge in [0, 0.05) is 29.8 Å². The molecule has 0 aliphatic rings. The Bertz CT molecular complexity index is 1000. The zero-order valence-corrected chi connectivity index (χ0v) is 14.3. The number of amides is 1. The lowest BCUT2D eigenvalue weighted by Gasteiger charge is -2.01. The van der Waals surface area contributed by atoms with E-state index >= 15 is 0 Å². The summed E-state index contributed by atoms with van der Waals surface area (Å²) in [5.41, 5.74) is 2.48. The molecule has 2 aromatic carbocycles. The molecule has 0 spiro atoms. The summed E-state index contributed by atoms with van der Waals surface area (Å²) in [4.78, 5) is 26.8. The molecule has 0 saturated carbocycles. The fourth-order valence-corrected chi connectivity index (χ4v) is 2.37. The Morgan fingerprint density at radius 1 is 1.27 bits per heavy atom. The first kappa shape index (κ1) is 17.3. The maximum Gasteiger partial charge on any atom is 0.270 e. The Labute approximate surface area is 149 Å². The lowest BCUT2D eigenvalue weighted by Crippen LogP contribution is -2.07. The van der Waals surface area contributed by atoms with E-state index in [0.717, 1.165) is 0 Å². The minimum Gasteiger partial charge on any atom is -0.440 e. The number of aromatic nitrogens is 1. The second kappa shape index (κ2) is 7.18. The molecule has 3 aromatic rings. The quantitative estimate of drug-likeness (QED) is 0.414. The second-order valence-electron chi connectivity index (χ2n) is 6.06. The molecule has 3 rings (SSSR count). The lowest BCUT2D eigenvalue weighted by molar-refractivity contribution is -0.384. The molecule has 0 atom stereocenters. The van der Waals surface area contributed by atoms with Crippen molar-refractivity contribution in [1.29, 1.82) is 0 Å². The molecule has 7 nitrogen and oxygen atoms in total.